The Hall–Kier alpha value is -3.95. The van der Waals surface area contributed by atoms with Gasteiger partial charge >= 0.3 is 0 Å². The van der Waals surface area contributed by atoms with Crippen molar-refractivity contribution in [1.82, 2.24) is 24.8 Å². The highest BCUT2D eigenvalue weighted by atomic mass is 16.2. The summed E-state index contributed by atoms with van der Waals surface area (Å²) in [5.74, 6) is 0.190. The van der Waals surface area contributed by atoms with Gasteiger partial charge in [0.1, 0.15) is 11.3 Å². The molecule has 0 spiro atoms. The molecular formula is C27H35N7O3. The summed E-state index contributed by atoms with van der Waals surface area (Å²) in [5.41, 5.74) is 5.10. The molecule has 1 amide bonds. The van der Waals surface area contributed by atoms with E-state index in [4.69, 9.17) is 4.98 Å². The molecule has 0 aliphatic heterocycles. The number of rotatable bonds is 10. The summed E-state index contributed by atoms with van der Waals surface area (Å²) >= 11 is 0. The number of Topliss-reactive ketones (excluding diaryl/α,β-unsaturated/α-hetero) is 2. The molecule has 1 atom stereocenters. The monoisotopic (exact) mass is 505 g/mol. The highest BCUT2D eigenvalue weighted by molar-refractivity contribution is 5.98. The van der Waals surface area contributed by atoms with Crippen LogP contribution in [0.1, 0.15) is 54.0 Å². The zero-order valence-corrected chi connectivity index (χ0v) is 22.9. The first-order valence-electron chi connectivity index (χ1n) is 12.2. The fourth-order valence-corrected chi connectivity index (χ4v) is 4.24. The maximum Gasteiger partial charge on any atom is 0.254 e. The fraction of sp³-hybridized carbons (Fsp3) is 0.444. The van der Waals surface area contributed by atoms with Crippen molar-refractivity contribution in [2.24, 2.45) is 0 Å². The molecular weight excluding hydrogens is 470 g/mol. The Kier molecular flexibility index (Phi) is 8.52. The number of benzene rings is 1. The Balaban J connectivity index is 1.78. The molecule has 0 bridgehead atoms. The normalized spacial score (nSPS) is 11.8. The molecule has 0 N–H and O–H groups in total. The summed E-state index contributed by atoms with van der Waals surface area (Å²) in [6.45, 7) is 7.27. The van der Waals surface area contributed by atoms with Crippen LogP contribution in [-0.4, -0.2) is 76.5 Å². The number of ketones is 2. The van der Waals surface area contributed by atoms with Crippen LogP contribution in [0.5, 0.6) is 0 Å². The first-order chi connectivity index (χ1) is 17.4. The number of aromatic nitrogens is 4. The van der Waals surface area contributed by atoms with Crippen molar-refractivity contribution in [3.8, 4) is 0 Å². The number of likely N-dealkylation sites (N-methyl/N-ethyl adjacent to an activating group) is 1. The Morgan fingerprint density at radius 2 is 1.68 bits per heavy atom. The molecule has 0 unspecified atom stereocenters. The molecule has 0 radical (unpaired) electrons. The maximum absolute atomic E-state index is 13.1. The molecule has 3 rings (SSSR count). The minimum atomic E-state index is -0.633. The average Bonchev–Trinajstić information content (AvgIpc) is 2.83. The second-order valence-electron chi connectivity index (χ2n) is 9.68. The highest BCUT2D eigenvalue weighted by Crippen LogP contribution is 2.24. The van der Waals surface area contributed by atoms with E-state index < -0.39 is 6.04 Å². The SMILES string of the molecule is CC(=O)CC[C@@H](C(C)=O)N(C)C(=O)c1ccc(N(C)Cc2cnc3nc(N(C)C)nc(C)c3n2)c(C)c1. The molecule has 0 saturated heterocycles. The number of amides is 1. The minimum absolute atomic E-state index is 0.00700. The van der Waals surface area contributed by atoms with Crippen LogP contribution in [0.4, 0.5) is 11.6 Å². The third kappa shape index (κ3) is 6.44. The third-order valence-corrected chi connectivity index (χ3v) is 6.30. The number of nitrogens with zero attached hydrogens (tertiary/aromatic N) is 7. The molecule has 3 aromatic rings. The number of carbonyl (C=O) groups excluding carboxylic acids is 3. The molecule has 0 aliphatic rings. The summed E-state index contributed by atoms with van der Waals surface area (Å²) in [6.07, 6.45) is 2.29. The van der Waals surface area contributed by atoms with Crippen molar-refractivity contribution in [3.63, 3.8) is 0 Å². The Labute approximate surface area is 217 Å². The van der Waals surface area contributed by atoms with Crippen LogP contribution in [0.25, 0.3) is 11.2 Å². The molecule has 0 fully saturated rings. The van der Waals surface area contributed by atoms with Crippen molar-refractivity contribution < 1.29 is 14.4 Å². The lowest BCUT2D eigenvalue weighted by molar-refractivity contribution is -0.122. The van der Waals surface area contributed by atoms with Crippen LogP contribution in [0.15, 0.2) is 24.4 Å². The molecule has 37 heavy (non-hydrogen) atoms. The van der Waals surface area contributed by atoms with Crippen molar-refractivity contribution in [2.75, 3.05) is 38.0 Å². The Bertz CT molecular complexity index is 1340. The summed E-state index contributed by atoms with van der Waals surface area (Å²) in [6, 6.07) is 4.83. The molecule has 196 valence electrons. The fourth-order valence-electron chi connectivity index (χ4n) is 4.24. The van der Waals surface area contributed by atoms with E-state index in [0.717, 1.165) is 22.6 Å². The van der Waals surface area contributed by atoms with Gasteiger partial charge in [-0.3, -0.25) is 9.59 Å². The molecule has 2 heterocycles. The summed E-state index contributed by atoms with van der Waals surface area (Å²) in [5, 5.41) is 0. The van der Waals surface area contributed by atoms with Gasteiger partial charge in [-0.2, -0.15) is 4.98 Å². The third-order valence-electron chi connectivity index (χ3n) is 6.30. The van der Waals surface area contributed by atoms with Crippen LogP contribution in [0.3, 0.4) is 0 Å². The van der Waals surface area contributed by atoms with Crippen molar-refractivity contribution >= 4 is 40.3 Å². The van der Waals surface area contributed by atoms with Gasteiger partial charge in [0.2, 0.25) is 5.95 Å². The molecule has 10 nitrogen and oxygen atoms in total. The number of carbonyl (C=O) groups is 3. The van der Waals surface area contributed by atoms with E-state index in [2.05, 4.69) is 15.0 Å². The highest BCUT2D eigenvalue weighted by Gasteiger charge is 2.25. The Morgan fingerprint density at radius 1 is 0.973 bits per heavy atom. The second-order valence-corrected chi connectivity index (χ2v) is 9.68. The largest absolute Gasteiger partial charge is 0.368 e. The van der Waals surface area contributed by atoms with Crippen LogP contribution < -0.4 is 9.80 Å². The van der Waals surface area contributed by atoms with E-state index in [1.807, 2.05) is 56.9 Å². The van der Waals surface area contributed by atoms with Gasteiger partial charge in [-0.25, -0.2) is 15.0 Å². The van der Waals surface area contributed by atoms with E-state index in [1.165, 1.54) is 18.7 Å². The Morgan fingerprint density at radius 3 is 2.27 bits per heavy atom. The van der Waals surface area contributed by atoms with Crippen LogP contribution >= 0.6 is 0 Å². The average molecular weight is 506 g/mol. The van der Waals surface area contributed by atoms with Gasteiger partial charge in [-0.1, -0.05) is 0 Å². The van der Waals surface area contributed by atoms with Crippen molar-refractivity contribution in [2.45, 2.75) is 53.1 Å². The van der Waals surface area contributed by atoms with E-state index >= 15 is 0 Å². The smallest absolute Gasteiger partial charge is 0.254 e. The summed E-state index contributed by atoms with van der Waals surface area (Å²) in [4.78, 5) is 60.2. The number of hydrogen-bond donors (Lipinski definition) is 0. The first-order valence-corrected chi connectivity index (χ1v) is 12.2. The lowest BCUT2D eigenvalue weighted by Crippen LogP contribution is -2.41. The zero-order chi connectivity index (χ0) is 27.4. The zero-order valence-electron chi connectivity index (χ0n) is 22.9. The number of aryl methyl sites for hydroxylation is 2. The second kappa shape index (κ2) is 11.4. The van der Waals surface area contributed by atoms with Gasteiger partial charge in [0.25, 0.3) is 5.91 Å². The van der Waals surface area contributed by atoms with E-state index in [9.17, 15) is 14.4 Å². The van der Waals surface area contributed by atoms with Gasteiger partial charge in [-0.05, 0) is 57.9 Å². The molecule has 0 saturated carbocycles. The molecule has 0 aliphatic carbocycles. The number of hydrogen-bond acceptors (Lipinski definition) is 9. The molecule has 2 aromatic heterocycles. The van der Waals surface area contributed by atoms with Gasteiger partial charge in [0.15, 0.2) is 11.4 Å². The number of fused-ring (bicyclic) bond motifs is 1. The predicted octanol–water partition coefficient (Wildman–Crippen LogP) is 3.14. The standard InChI is InChI=1S/C27H35N7O3/c1-16-13-20(26(37)34(8)23(19(4)36)11-9-17(2)35)10-12-22(16)33(7)15-21-14-28-25-24(30-21)18(3)29-27(31-25)32(5)6/h10,12-14,23H,9,11,15H2,1-8H3/t23-/m0/s1. The predicted molar refractivity (Wildman–Crippen MR) is 144 cm³/mol. The van der Waals surface area contributed by atoms with Crippen LogP contribution in [0, 0.1) is 13.8 Å². The lowest BCUT2D eigenvalue weighted by Gasteiger charge is -2.27. The van der Waals surface area contributed by atoms with E-state index in [0.29, 0.717) is 35.6 Å². The molecule has 1 aromatic carbocycles. The van der Waals surface area contributed by atoms with Crippen molar-refractivity contribution in [3.05, 3.63) is 46.9 Å². The van der Waals surface area contributed by atoms with Gasteiger partial charge in [0.05, 0.1) is 30.2 Å². The first kappa shape index (κ1) is 27.6. The van der Waals surface area contributed by atoms with Gasteiger partial charge in [0, 0.05) is 45.9 Å². The lowest BCUT2D eigenvalue weighted by atomic mass is 10.0. The quantitative estimate of drug-likeness (QED) is 0.410. The maximum atomic E-state index is 13.1. The van der Waals surface area contributed by atoms with Gasteiger partial charge in [-0.15, -0.1) is 0 Å². The molecule has 10 heteroatoms. The van der Waals surface area contributed by atoms with E-state index in [-0.39, 0.29) is 23.9 Å². The van der Waals surface area contributed by atoms with Crippen LogP contribution in [0.2, 0.25) is 0 Å². The number of anilines is 2. The minimum Gasteiger partial charge on any atom is -0.368 e. The topological polar surface area (TPSA) is 112 Å². The van der Waals surface area contributed by atoms with Gasteiger partial charge < -0.3 is 19.5 Å². The van der Waals surface area contributed by atoms with Crippen molar-refractivity contribution in [1.29, 1.82) is 0 Å². The van der Waals surface area contributed by atoms with Crippen LogP contribution in [-0.2, 0) is 16.1 Å². The summed E-state index contributed by atoms with van der Waals surface area (Å²) < 4.78 is 0. The summed E-state index contributed by atoms with van der Waals surface area (Å²) in [7, 11) is 7.32. The van der Waals surface area contributed by atoms with E-state index in [1.54, 1.807) is 19.3 Å².